The molecule has 0 saturated heterocycles. The van der Waals surface area contributed by atoms with Crippen LogP contribution in [-0.4, -0.2) is 11.1 Å². The van der Waals surface area contributed by atoms with Crippen LogP contribution in [0.4, 0.5) is 0 Å². The normalized spacial score (nSPS) is 11.7. The van der Waals surface area contributed by atoms with Gasteiger partial charge in [-0.05, 0) is 38.5 Å². The van der Waals surface area contributed by atoms with Crippen molar-refractivity contribution in [1.29, 1.82) is 0 Å². The number of carbonyl (C=O) groups is 1. The van der Waals surface area contributed by atoms with E-state index in [1.54, 1.807) is 0 Å². The summed E-state index contributed by atoms with van der Waals surface area (Å²) in [5, 5.41) is 8.57. The molecule has 0 fully saturated rings. The molecule has 2 heteroatoms. The molecule has 0 radical (unpaired) electrons. The van der Waals surface area contributed by atoms with E-state index in [0.717, 1.165) is 19.3 Å². The van der Waals surface area contributed by atoms with Gasteiger partial charge in [0.15, 0.2) is 0 Å². The van der Waals surface area contributed by atoms with Crippen molar-refractivity contribution in [3.8, 4) is 0 Å². The molecule has 27 heavy (non-hydrogen) atoms. The number of carboxylic acid groups (broad SMARTS) is 1. The largest absolute Gasteiger partial charge is 0.481 e. The molecule has 0 aliphatic heterocycles. The summed E-state index contributed by atoms with van der Waals surface area (Å²) in [5.74, 6) is -0.664. The van der Waals surface area contributed by atoms with Gasteiger partial charge < -0.3 is 5.11 Å². The number of carboxylic acids is 1. The fourth-order valence-corrected chi connectivity index (χ4v) is 3.33. The Labute approximate surface area is 169 Å². The summed E-state index contributed by atoms with van der Waals surface area (Å²) in [4.78, 5) is 10.4. The number of aliphatic carboxylic acids is 1. The molecule has 0 rings (SSSR count). The molecular formula is C25H46O2. The summed E-state index contributed by atoms with van der Waals surface area (Å²) in [6.07, 6.45) is 32.6. The Balaban J connectivity index is 3.17. The van der Waals surface area contributed by atoms with Gasteiger partial charge in [-0.1, -0.05) is 108 Å². The molecule has 2 nitrogen and oxygen atoms in total. The Morgan fingerprint density at radius 2 is 1.00 bits per heavy atom. The maximum absolute atomic E-state index is 10.4. The first-order valence-corrected chi connectivity index (χ1v) is 11.8. The molecule has 0 aromatic rings. The lowest BCUT2D eigenvalue weighted by Crippen LogP contribution is -1.93. The summed E-state index contributed by atoms with van der Waals surface area (Å²) < 4.78 is 0. The summed E-state index contributed by atoms with van der Waals surface area (Å²) in [5.41, 5.74) is 0. The van der Waals surface area contributed by atoms with E-state index in [4.69, 9.17) is 5.11 Å². The predicted molar refractivity (Wildman–Crippen MR) is 119 cm³/mol. The molecule has 0 bridgehead atoms. The summed E-state index contributed by atoms with van der Waals surface area (Å²) >= 11 is 0. The first kappa shape index (κ1) is 26.0. The fourth-order valence-electron chi connectivity index (χ4n) is 3.33. The zero-order chi connectivity index (χ0) is 19.8. The standard InChI is InChI=1S/C25H46O2/c1-2-3-4-5-6-7-8-9-10-11-12-13-14-15-16-17-18-19-20-21-22-23-24-25(26)27/h12-13,15-16H,2-11,14,17-24H2,1H3,(H,26,27). The molecule has 0 amide bonds. The quantitative estimate of drug-likeness (QED) is 0.160. The fraction of sp³-hybridized carbons (Fsp3) is 0.800. The zero-order valence-corrected chi connectivity index (χ0v) is 18.1. The average molecular weight is 379 g/mol. The van der Waals surface area contributed by atoms with Crippen molar-refractivity contribution in [2.24, 2.45) is 0 Å². The molecule has 0 atom stereocenters. The third-order valence-electron chi connectivity index (χ3n) is 5.09. The van der Waals surface area contributed by atoms with Crippen LogP contribution in [0.2, 0.25) is 0 Å². The Morgan fingerprint density at radius 3 is 1.44 bits per heavy atom. The minimum atomic E-state index is -0.664. The Morgan fingerprint density at radius 1 is 0.593 bits per heavy atom. The third-order valence-corrected chi connectivity index (χ3v) is 5.09. The summed E-state index contributed by atoms with van der Waals surface area (Å²) in [6.45, 7) is 2.28. The van der Waals surface area contributed by atoms with Crippen LogP contribution in [0.5, 0.6) is 0 Å². The average Bonchev–Trinajstić information content (AvgIpc) is 2.65. The lowest BCUT2D eigenvalue weighted by atomic mass is 10.1. The van der Waals surface area contributed by atoms with Gasteiger partial charge in [0.25, 0.3) is 0 Å². The monoisotopic (exact) mass is 378 g/mol. The van der Waals surface area contributed by atoms with E-state index in [2.05, 4.69) is 31.2 Å². The first-order chi connectivity index (χ1) is 13.3. The third kappa shape index (κ3) is 24.9. The van der Waals surface area contributed by atoms with Crippen molar-refractivity contribution in [2.45, 2.75) is 129 Å². The Kier molecular flexibility index (Phi) is 22.1. The second kappa shape index (κ2) is 23.0. The molecule has 0 saturated carbocycles. The highest BCUT2D eigenvalue weighted by Crippen LogP contribution is 2.11. The van der Waals surface area contributed by atoms with E-state index in [0.29, 0.717) is 6.42 Å². The topological polar surface area (TPSA) is 37.3 Å². The second-order valence-electron chi connectivity index (χ2n) is 7.85. The van der Waals surface area contributed by atoms with Gasteiger partial charge in [-0.3, -0.25) is 4.79 Å². The number of hydrogen-bond donors (Lipinski definition) is 1. The molecule has 0 aliphatic carbocycles. The lowest BCUT2D eigenvalue weighted by molar-refractivity contribution is -0.137. The van der Waals surface area contributed by atoms with Crippen molar-refractivity contribution < 1.29 is 9.90 Å². The van der Waals surface area contributed by atoms with Gasteiger partial charge in [-0.15, -0.1) is 0 Å². The smallest absolute Gasteiger partial charge is 0.303 e. The molecule has 0 aromatic carbocycles. The van der Waals surface area contributed by atoms with Gasteiger partial charge >= 0.3 is 5.97 Å². The van der Waals surface area contributed by atoms with E-state index in [1.165, 1.54) is 96.3 Å². The molecular weight excluding hydrogens is 332 g/mol. The lowest BCUT2D eigenvalue weighted by Gasteiger charge is -2.00. The predicted octanol–water partition coefficient (Wildman–Crippen LogP) is 8.62. The summed E-state index contributed by atoms with van der Waals surface area (Å²) in [7, 11) is 0. The van der Waals surface area contributed by atoms with Crippen LogP contribution in [0, 0.1) is 0 Å². The van der Waals surface area contributed by atoms with Gasteiger partial charge in [-0.25, -0.2) is 0 Å². The number of rotatable bonds is 21. The van der Waals surface area contributed by atoms with Crippen molar-refractivity contribution >= 4 is 5.97 Å². The molecule has 0 heterocycles. The SMILES string of the molecule is CCCCCCCCCCCC=CCC=CCCCCCCCCC(=O)O. The van der Waals surface area contributed by atoms with Gasteiger partial charge in [-0.2, -0.15) is 0 Å². The van der Waals surface area contributed by atoms with Crippen LogP contribution < -0.4 is 0 Å². The Bertz CT molecular complexity index is 357. The van der Waals surface area contributed by atoms with E-state index in [-0.39, 0.29) is 0 Å². The van der Waals surface area contributed by atoms with E-state index < -0.39 is 5.97 Å². The molecule has 0 aliphatic rings. The van der Waals surface area contributed by atoms with Crippen LogP contribution in [0.3, 0.4) is 0 Å². The highest BCUT2D eigenvalue weighted by molar-refractivity contribution is 5.66. The highest BCUT2D eigenvalue weighted by atomic mass is 16.4. The zero-order valence-electron chi connectivity index (χ0n) is 18.1. The minimum Gasteiger partial charge on any atom is -0.481 e. The highest BCUT2D eigenvalue weighted by Gasteiger charge is 1.96. The van der Waals surface area contributed by atoms with Gasteiger partial charge in [0, 0.05) is 6.42 Å². The van der Waals surface area contributed by atoms with Crippen LogP contribution >= 0.6 is 0 Å². The number of allylic oxidation sites excluding steroid dienone is 4. The van der Waals surface area contributed by atoms with Crippen LogP contribution in [0.1, 0.15) is 129 Å². The van der Waals surface area contributed by atoms with Crippen molar-refractivity contribution in [1.82, 2.24) is 0 Å². The van der Waals surface area contributed by atoms with Crippen molar-refractivity contribution in [3.05, 3.63) is 24.3 Å². The number of hydrogen-bond acceptors (Lipinski definition) is 1. The second-order valence-corrected chi connectivity index (χ2v) is 7.85. The van der Waals surface area contributed by atoms with Crippen LogP contribution in [0.25, 0.3) is 0 Å². The Hall–Kier alpha value is -1.05. The van der Waals surface area contributed by atoms with Gasteiger partial charge in [0.05, 0.1) is 0 Å². The maximum Gasteiger partial charge on any atom is 0.303 e. The van der Waals surface area contributed by atoms with E-state index >= 15 is 0 Å². The van der Waals surface area contributed by atoms with Crippen molar-refractivity contribution in [2.75, 3.05) is 0 Å². The van der Waals surface area contributed by atoms with Crippen molar-refractivity contribution in [3.63, 3.8) is 0 Å². The van der Waals surface area contributed by atoms with Crippen LogP contribution in [-0.2, 0) is 4.79 Å². The molecule has 1 N–H and O–H groups in total. The first-order valence-electron chi connectivity index (χ1n) is 11.8. The number of unbranched alkanes of at least 4 members (excludes halogenated alkanes) is 15. The van der Waals surface area contributed by atoms with E-state index in [9.17, 15) is 4.79 Å². The van der Waals surface area contributed by atoms with E-state index in [1.807, 2.05) is 0 Å². The molecule has 158 valence electrons. The molecule has 0 unspecified atom stereocenters. The van der Waals surface area contributed by atoms with Crippen LogP contribution in [0.15, 0.2) is 24.3 Å². The summed E-state index contributed by atoms with van der Waals surface area (Å²) in [6, 6.07) is 0. The van der Waals surface area contributed by atoms with Gasteiger partial charge in [0.2, 0.25) is 0 Å². The minimum absolute atomic E-state index is 0.329. The maximum atomic E-state index is 10.4. The molecule has 0 aromatic heterocycles. The van der Waals surface area contributed by atoms with Gasteiger partial charge in [0.1, 0.15) is 0 Å². The molecule has 0 spiro atoms.